The summed E-state index contributed by atoms with van der Waals surface area (Å²) in [6.45, 7) is 2.69. The lowest BCUT2D eigenvalue weighted by atomic mass is 9.85. The SMILES string of the molecule is COc1ccnc(CN2CC(N)(C3CC3)C2)c1OC. The van der Waals surface area contributed by atoms with Crippen LogP contribution >= 0.6 is 0 Å². The third-order valence-corrected chi connectivity index (χ3v) is 4.17. The van der Waals surface area contributed by atoms with Gasteiger partial charge >= 0.3 is 0 Å². The van der Waals surface area contributed by atoms with Crippen LogP contribution in [0, 0.1) is 5.92 Å². The molecule has 0 bridgehead atoms. The maximum atomic E-state index is 6.36. The van der Waals surface area contributed by atoms with E-state index in [-0.39, 0.29) is 5.54 Å². The molecule has 3 rings (SSSR count). The van der Waals surface area contributed by atoms with Crippen LogP contribution in [0.1, 0.15) is 18.5 Å². The standard InChI is InChI=1S/C14H21N3O2/c1-18-12-5-6-16-11(13(12)19-2)7-17-8-14(15,9-17)10-3-4-10/h5-6,10H,3-4,7-9,15H2,1-2H3. The molecule has 2 heterocycles. The number of pyridine rings is 1. The molecule has 0 atom stereocenters. The van der Waals surface area contributed by atoms with Crippen LogP contribution in [0.15, 0.2) is 12.3 Å². The van der Waals surface area contributed by atoms with Gasteiger partial charge in [-0.25, -0.2) is 0 Å². The first-order chi connectivity index (χ1) is 9.16. The van der Waals surface area contributed by atoms with Crippen molar-refractivity contribution in [2.45, 2.75) is 24.9 Å². The molecule has 1 aliphatic carbocycles. The summed E-state index contributed by atoms with van der Waals surface area (Å²) in [6, 6.07) is 1.82. The lowest BCUT2D eigenvalue weighted by molar-refractivity contribution is 0.0459. The molecule has 104 valence electrons. The predicted octanol–water partition coefficient (Wildman–Crippen LogP) is 1.02. The van der Waals surface area contributed by atoms with E-state index in [0.29, 0.717) is 0 Å². The number of rotatable bonds is 5. The third-order valence-electron chi connectivity index (χ3n) is 4.17. The monoisotopic (exact) mass is 263 g/mol. The molecule has 0 spiro atoms. The molecule has 0 unspecified atom stereocenters. The molecule has 2 fully saturated rings. The van der Waals surface area contributed by atoms with Gasteiger partial charge in [0.2, 0.25) is 0 Å². The Kier molecular flexibility index (Phi) is 3.11. The number of nitrogens with zero attached hydrogens (tertiary/aromatic N) is 2. The first-order valence-electron chi connectivity index (χ1n) is 6.73. The summed E-state index contributed by atoms with van der Waals surface area (Å²) in [5, 5.41) is 0. The number of nitrogens with two attached hydrogens (primary N) is 1. The van der Waals surface area contributed by atoms with Crippen molar-refractivity contribution in [1.29, 1.82) is 0 Å². The summed E-state index contributed by atoms with van der Waals surface area (Å²) in [5.41, 5.74) is 7.32. The molecule has 1 saturated carbocycles. The van der Waals surface area contributed by atoms with Gasteiger partial charge in [0.1, 0.15) is 5.69 Å². The Balaban J connectivity index is 1.67. The summed E-state index contributed by atoms with van der Waals surface area (Å²) >= 11 is 0. The van der Waals surface area contributed by atoms with Crippen molar-refractivity contribution in [3.63, 3.8) is 0 Å². The van der Waals surface area contributed by atoms with Crippen LogP contribution in [0.5, 0.6) is 11.5 Å². The van der Waals surface area contributed by atoms with Crippen molar-refractivity contribution in [1.82, 2.24) is 9.88 Å². The molecule has 1 aromatic heterocycles. The summed E-state index contributed by atoms with van der Waals surface area (Å²) in [7, 11) is 3.29. The zero-order chi connectivity index (χ0) is 13.5. The first-order valence-corrected chi connectivity index (χ1v) is 6.73. The Morgan fingerprint density at radius 1 is 1.37 bits per heavy atom. The number of aromatic nitrogens is 1. The second kappa shape index (κ2) is 4.65. The third kappa shape index (κ3) is 2.28. The minimum Gasteiger partial charge on any atom is -0.493 e. The van der Waals surface area contributed by atoms with Crippen molar-refractivity contribution < 1.29 is 9.47 Å². The fraction of sp³-hybridized carbons (Fsp3) is 0.643. The van der Waals surface area contributed by atoms with Crippen LogP contribution in [0.4, 0.5) is 0 Å². The Morgan fingerprint density at radius 3 is 2.68 bits per heavy atom. The van der Waals surface area contributed by atoms with E-state index in [9.17, 15) is 0 Å². The number of likely N-dealkylation sites (tertiary alicyclic amines) is 1. The second-order valence-corrected chi connectivity index (χ2v) is 5.65. The van der Waals surface area contributed by atoms with E-state index in [0.717, 1.165) is 42.7 Å². The lowest BCUT2D eigenvalue weighted by Gasteiger charge is -2.48. The van der Waals surface area contributed by atoms with Crippen molar-refractivity contribution in [2.75, 3.05) is 27.3 Å². The fourth-order valence-electron chi connectivity index (χ4n) is 2.99. The quantitative estimate of drug-likeness (QED) is 0.859. The molecule has 0 aromatic carbocycles. The summed E-state index contributed by atoms with van der Waals surface area (Å²) in [5.74, 6) is 2.20. The second-order valence-electron chi connectivity index (χ2n) is 5.65. The first kappa shape index (κ1) is 12.7. The van der Waals surface area contributed by atoms with Crippen LogP contribution in [-0.4, -0.2) is 42.7 Å². The van der Waals surface area contributed by atoms with Crippen molar-refractivity contribution in [3.05, 3.63) is 18.0 Å². The highest BCUT2D eigenvalue weighted by Gasteiger charge is 2.50. The van der Waals surface area contributed by atoms with Crippen LogP contribution < -0.4 is 15.2 Å². The molecule has 1 aliphatic heterocycles. The maximum absolute atomic E-state index is 6.36. The lowest BCUT2D eigenvalue weighted by Crippen LogP contribution is -2.68. The van der Waals surface area contributed by atoms with Crippen molar-refractivity contribution in [3.8, 4) is 11.5 Å². The van der Waals surface area contributed by atoms with E-state index < -0.39 is 0 Å². The smallest absolute Gasteiger partial charge is 0.183 e. The van der Waals surface area contributed by atoms with Gasteiger partial charge in [-0.05, 0) is 18.8 Å². The summed E-state index contributed by atoms with van der Waals surface area (Å²) in [4.78, 5) is 6.72. The Bertz CT molecular complexity index is 468. The molecule has 1 aromatic rings. The summed E-state index contributed by atoms with van der Waals surface area (Å²) in [6.07, 6.45) is 4.35. The molecule has 5 nitrogen and oxygen atoms in total. The minimum absolute atomic E-state index is 0.0477. The molecule has 0 radical (unpaired) electrons. The van der Waals surface area contributed by atoms with Gasteiger partial charge in [0.15, 0.2) is 11.5 Å². The van der Waals surface area contributed by atoms with Gasteiger partial charge in [-0.3, -0.25) is 9.88 Å². The molecule has 2 aliphatic rings. The van der Waals surface area contributed by atoms with Crippen molar-refractivity contribution in [2.24, 2.45) is 11.7 Å². The molecule has 5 heteroatoms. The fourth-order valence-corrected chi connectivity index (χ4v) is 2.99. The van der Waals surface area contributed by atoms with Crippen molar-refractivity contribution >= 4 is 0 Å². The van der Waals surface area contributed by atoms with E-state index in [2.05, 4.69) is 9.88 Å². The number of ether oxygens (including phenoxy) is 2. The van der Waals surface area contributed by atoms with Gasteiger partial charge < -0.3 is 15.2 Å². The van der Waals surface area contributed by atoms with E-state index >= 15 is 0 Å². The topological polar surface area (TPSA) is 60.6 Å². The Hall–Kier alpha value is -1.33. The molecular weight excluding hydrogens is 242 g/mol. The number of methoxy groups -OCH3 is 2. The van der Waals surface area contributed by atoms with Gasteiger partial charge in [0, 0.05) is 37.4 Å². The molecule has 1 saturated heterocycles. The highest BCUT2D eigenvalue weighted by Crippen LogP contribution is 2.43. The predicted molar refractivity (Wildman–Crippen MR) is 72.3 cm³/mol. The van der Waals surface area contributed by atoms with E-state index in [1.807, 2.05) is 6.07 Å². The van der Waals surface area contributed by atoms with E-state index in [1.54, 1.807) is 20.4 Å². The zero-order valence-electron chi connectivity index (χ0n) is 11.6. The minimum atomic E-state index is 0.0477. The van der Waals surface area contributed by atoms with Crippen LogP contribution in [0.25, 0.3) is 0 Å². The van der Waals surface area contributed by atoms with Crippen LogP contribution in [-0.2, 0) is 6.54 Å². The van der Waals surface area contributed by atoms with E-state index in [4.69, 9.17) is 15.2 Å². The zero-order valence-corrected chi connectivity index (χ0v) is 11.6. The maximum Gasteiger partial charge on any atom is 0.183 e. The van der Waals surface area contributed by atoms with Gasteiger partial charge in [0.05, 0.1) is 14.2 Å². The Morgan fingerprint density at radius 2 is 2.11 bits per heavy atom. The van der Waals surface area contributed by atoms with Gasteiger partial charge in [0.25, 0.3) is 0 Å². The highest BCUT2D eigenvalue weighted by atomic mass is 16.5. The van der Waals surface area contributed by atoms with E-state index in [1.165, 1.54) is 12.8 Å². The molecule has 2 N–H and O–H groups in total. The van der Waals surface area contributed by atoms with Crippen LogP contribution in [0.3, 0.4) is 0 Å². The van der Waals surface area contributed by atoms with Gasteiger partial charge in [-0.2, -0.15) is 0 Å². The highest BCUT2D eigenvalue weighted by molar-refractivity contribution is 5.42. The normalized spacial score (nSPS) is 21.8. The molecule has 0 amide bonds. The molecular formula is C14H21N3O2. The number of hydrogen-bond donors (Lipinski definition) is 1. The number of hydrogen-bond acceptors (Lipinski definition) is 5. The van der Waals surface area contributed by atoms with Gasteiger partial charge in [-0.1, -0.05) is 0 Å². The Labute approximate surface area is 113 Å². The molecule has 19 heavy (non-hydrogen) atoms. The average molecular weight is 263 g/mol. The summed E-state index contributed by atoms with van der Waals surface area (Å²) < 4.78 is 10.7. The largest absolute Gasteiger partial charge is 0.493 e. The average Bonchev–Trinajstić information content (AvgIpc) is 3.20. The van der Waals surface area contributed by atoms with Gasteiger partial charge in [-0.15, -0.1) is 0 Å². The van der Waals surface area contributed by atoms with Crippen LogP contribution in [0.2, 0.25) is 0 Å².